The van der Waals surface area contributed by atoms with E-state index in [4.69, 9.17) is 5.73 Å². The van der Waals surface area contributed by atoms with Crippen LogP contribution in [0.2, 0.25) is 0 Å². The molecule has 80 valence electrons. The highest BCUT2D eigenvalue weighted by molar-refractivity contribution is 5.74. The minimum absolute atomic E-state index is 0.108. The Morgan fingerprint density at radius 2 is 1.71 bits per heavy atom. The maximum absolute atomic E-state index is 10.9. The fourth-order valence-corrected chi connectivity index (χ4v) is 3.77. The Hall–Kier alpha value is -0.530. The highest BCUT2D eigenvalue weighted by Crippen LogP contribution is 2.45. The highest BCUT2D eigenvalue weighted by Gasteiger charge is 2.34. The normalized spacial score (nSPS) is 42.1. The number of primary amides is 1. The van der Waals surface area contributed by atoms with Crippen molar-refractivity contribution in [1.82, 2.24) is 0 Å². The van der Waals surface area contributed by atoms with Crippen molar-refractivity contribution in [3.63, 3.8) is 0 Å². The van der Waals surface area contributed by atoms with Crippen LogP contribution in [0.25, 0.3) is 0 Å². The van der Waals surface area contributed by atoms with Crippen molar-refractivity contribution >= 4 is 5.91 Å². The van der Waals surface area contributed by atoms with Crippen molar-refractivity contribution in [2.45, 2.75) is 45.4 Å². The molecule has 0 aromatic rings. The van der Waals surface area contributed by atoms with E-state index in [2.05, 4.69) is 6.92 Å². The number of carbonyl (C=O) groups is 1. The molecule has 0 aromatic heterocycles. The zero-order valence-electron chi connectivity index (χ0n) is 9.04. The maximum Gasteiger partial charge on any atom is 0.217 e. The lowest BCUT2D eigenvalue weighted by atomic mass is 9.64. The van der Waals surface area contributed by atoms with Crippen LogP contribution in [0.3, 0.4) is 0 Å². The Labute approximate surface area is 86.2 Å². The zero-order chi connectivity index (χ0) is 10.1. The van der Waals surface area contributed by atoms with Crippen molar-refractivity contribution in [2.24, 2.45) is 29.4 Å². The SMILES string of the molecule is CC1CC2CC(CC(N)=O)CC(C1)C2. The van der Waals surface area contributed by atoms with Gasteiger partial charge in [-0.2, -0.15) is 0 Å². The molecule has 0 aromatic carbocycles. The number of hydrogen-bond acceptors (Lipinski definition) is 1. The minimum atomic E-state index is -0.108. The van der Waals surface area contributed by atoms with E-state index in [0.29, 0.717) is 12.3 Å². The molecule has 2 fully saturated rings. The van der Waals surface area contributed by atoms with Gasteiger partial charge in [0.05, 0.1) is 0 Å². The van der Waals surface area contributed by atoms with E-state index in [-0.39, 0.29) is 5.91 Å². The third-order valence-electron chi connectivity index (χ3n) is 3.96. The van der Waals surface area contributed by atoms with Gasteiger partial charge in [-0.3, -0.25) is 4.79 Å². The van der Waals surface area contributed by atoms with Crippen LogP contribution in [-0.2, 0) is 4.79 Å². The molecule has 2 unspecified atom stereocenters. The number of hydrogen-bond donors (Lipinski definition) is 1. The molecule has 0 heterocycles. The molecule has 2 N–H and O–H groups in total. The molecular formula is C12H21NO. The number of nitrogens with two attached hydrogens (primary N) is 1. The largest absolute Gasteiger partial charge is 0.370 e. The zero-order valence-corrected chi connectivity index (χ0v) is 9.04. The van der Waals surface area contributed by atoms with Crippen LogP contribution in [0.15, 0.2) is 0 Å². The van der Waals surface area contributed by atoms with Crippen molar-refractivity contribution in [3.8, 4) is 0 Å². The second-order valence-electron chi connectivity index (χ2n) is 5.55. The monoisotopic (exact) mass is 195 g/mol. The third kappa shape index (κ3) is 2.28. The van der Waals surface area contributed by atoms with Crippen LogP contribution in [0.1, 0.15) is 45.4 Å². The molecule has 2 rings (SSSR count). The van der Waals surface area contributed by atoms with E-state index >= 15 is 0 Å². The predicted molar refractivity (Wildman–Crippen MR) is 56.5 cm³/mol. The van der Waals surface area contributed by atoms with Gasteiger partial charge in [-0.15, -0.1) is 0 Å². The number of carbonyl (C=O) groups excluding carboxylic acids is 1. The minimum Gasteiger partial charge on any atom is -0.370 e. The van der Waals surface area contributed by atoms with E-state index < -0.39 is 0 Å². The van der Waals surface area contributed by atoms with E-state index in [1.807, 2.05) is 0 Å². The van der Waals surface area contributed by atoms with Gasteiger partial charge in [-0.05, 0) is 55.8 Å². The van der Waals surface area contributed by atoms with Crippen molar-refractivity contribution in [3.05, 3.63) is 0 Å². The molecule has 0 spiro atoms. The lowest BCUT2D eigenvalue weighted by molar-refractivity contribution is -0.119. The summed E-state index contributed by atoms with van der Waals surface area (Å²) in [6.07, 6.45) is 7.31. The molecule has 0 radical (unpaired) electrons. The molecule has 2 nitrogen and oxygen atoms in total. The summed E-state index contributed by atoms with van der Waals surface area (Å²) in [5, 5.41) is 0. The number of rotatable bonds is 2. The Morgan fingerprint density at radius 3 is 2.21 bits per heavy atom. The second-order valence-corrected chi connectivity index (χ2v) is 5.55. The summed E-state index contributed by atoms with van der Waals surface area (Å²) in [4.78, 5) is 10.9. The molecule has 14 heavy (non-hydrogen) atoms. The first kappa shape index (κ1) is 10.0. The van der Waals surface area contributed by atoms with Crippen molar-refractivity contribution in [2.75, 3.05) is 0 Å². The summed E-state index contributed by atoms with van der Waals surface area (Å²) in [6, 6.07) is 0. The fourth-order valence-electron chi connectivity index (χ4n) is 3.77. The first-order chi connectivity index (χ1) is 6.63. The van der Waals surface area contributed by atoms with Crippen LogP contribution in [0.5, 0.6) is 0 Å². The summed E-state index contributed by atoms with van der Waals surface area (Å²) in [7, 11) is 0. The van der Waals surface area contributed by atoms with E-state index in [9.17, 15) is 4.79 Å². The molecule has 2 bridgehead atoms. The summed E-state index contributed by atoms with van der Waals surface area (Å²) in [5.41, 5.74) is 5.26. The molecule has 0 aliphatic heterocycles. The highest BCUT2D eigenvalue weighted by atomic mass is 16.1. The molecule has 2 saturated carbocycles. The molecule has 2 atom stereocenters. The summed E-state index contributed by atoms with van der Waals surface area (Å²) in [6.45, 7) is 2.37. The standard InChI is InChI=1S/C12H21NO/c1-8-2-9-4-10(3-8)6-11(5-9)7-12(13)14/h8-11H,2-7H2,1H3,(H2,13,14). The van der Waals surface area contributed by atoms with Gasteiger partial charge in [0.1, 0.15) is 0 Å². The fraction of sp³-hybridized carbons (Fsp3) is 0.917. The number of fused-ring (bicyclic) bond motifs is 2. The molecule has 1 amide bonds. The van der Waals surface area contributed by atoms with Gasteiger partial charge in [-0.1, -0.05) is 6.92 Å². The van der Waals surface area contributed by atoms with Gasteiger partial charge in [0, 0.05) is 6.42 Å². The second kappa shape index (κ2) is 3.92. The Balaban J connectivity index is 1.92. The van der Waals surface area contributed by atoms with E-state index in [1.54, 1.807) is 0 Å². The predicted octanol–water partition coefficient (Wildman–Crippen LogP) is 2.32. The Morgan fingerprint density at radius 1 is 1.14 bits per heavy atom. The Bertz CT molecular complexity index is 208. The van der Waals surface area contributed by atoms with Gasteiger partial charge >= 0.3 is 0 Å². The van der Waals surface area contributed by atoms with Gasteiger partial charge in [-0.25, -0.2) is 0 Å². The van der Waals surface area contributed by atoms with Crippen LogP contribution in [-0.4, -0.2) is 5.91 Å². The van der Waals surface area contributed by atoms with Gasteiger partial charge in [0.25, 0.3) is 0 Å². The molecule has 2 aliphatic rings. The molecular weight excluding hydrogens is 174 g/mol. The maximum atomic E-state index is 10.9. The third-order valence-corrected chi connectivity index (χ3v) is 3.96. The van der Waals surface area contributed by atoms with Gasteiger partial charge < -0.3 is 5.73 Å². The first-order valence-electron chi connectivity index (χ1n) is 5.91. The topological polar surface area (TPSA) is 43.1 Å². The van der Waals surface area contributed by atoms with E-state index in [0.717, 1.165) is 17.8 Å². The summed E-state index contributed by atoms with van der Waals surface area (Å²) in [5.74, 6) is 3.18. The summed E-state index contributed by atoms with van der Waals surface area (Å²) >= 11 is 0. The quantitative estimate of drug-likeness (QED) is 0.722. The van der Waals surface area contributed by atoms with Gasteiger partial charge in [0.2, 0.25) is 5.91 Å². The van der Waals surface area contributed by atoms with Crippen LogP contribution in [0, 0.1) is 23.7 Å². The van der Waals surface area contributed by atoms with E-state index in [1.165, 1.54) is 32.1 Å². The number of amides is 1. The van der Waals surface area contributed by atoms with Crippen molar-refractivity contribution in [1.29, 1.82) is 0 Å². The molecule has 2 heteroatoms. The average molecular weight is 195 g/mol. The Kier molecular flexibility index (Phi) is 2.80. The molecule has 0 saturated heterocycles. The lowest BCUT2D eigenvalue weighted by Crippen LogP contribution is -2.32. The van der Waals surface area contributed by atoms with Crippen LogP contribution >= 0.6 is 0 Å². The van der Waals surface area contributed by atoms with Crippen LogP contribution in [0.4, 0.5) is 0 Å². The van der Waals surface area contributed by atoms with Crippen LogP contribution < -0.4 is 5.73 Å². The van der Waals surface area contributed by atoms with Crippen molar-refractivity contribution < 1.29 is 4.79 Å². The first-order valence-corrected chi connectivity index (χ1v) is 5.91. The lowest BCUT2D eigenvalue weighted by Gasteiger charge is -2.41. The smallest absolute Gasteiger partial charge is 0.217 e. The average Bonchev–Trinajstić information content (AvgIpc) is 1.99. The molecule has 2 aliphatic carbocycles. The van der Waals surface area contributed by atoms with Gasteiger partial charge in [0.15, 0.2) is 0 Å². The summed E-state index contributed by atoms with van der Waals surface area (Å²) < 4.78 is 0.